The highest BCUT2D eigenvalue weighted by atomic mass is 32.2. The Balaban J connectivity index is 0.00000166. The van der Waals surface area contributed by atoms with E-state index in [-0.39, 0.29) is 16.8 Å². The van der Waals surface area contributed by atoms with E-state index in [1.807, 2.05) is 25.6 Å². The fraction of sp³-hybridized carbons (Fsp3) is 0.190. The molecule has 0 spiro atoms. The Morgan fingerprint density at radius 2 is 1.65 bits per heavy atom. The summed E-state index contributed by atoms with van der Waals surface area (Å²) < 4.78 is 0. The Bertz CT molecular complexity index is 2060. The van der Waals surface area contributed by atoms with E-state index < -0.39 is 0 Å². The van der Waals surface area contributed by atoms with Crippen molar-refractivity contribution in [3.8, 4) is 0 Å². The molecule has 230 valence electrons. The van der Waals surface area contributed by atoms with Crippen LogP contribution in [-0.2, 0) is 5.41 Å². The van der Waals surface area contributed by atoms with E-state index in [1.165, 1.54) is 43.7 Å². The summed E-state index contributed by atoms with van der Waals surface area (Å²) in [4.78, 5) is 7.41. The summed E-state index contributed by atoms with van der Waals surface area (Å²) in [6.07, 6.45) is 16.7. The quantitative estimate of drug-likeness (QED) is 0.211. The average Bonchev–Trinajstić information content (AvgIpc) is 3.69. The van der Waals surface area contributed by atoms with Gasteiger partial charge in [-0.2, -0.15) is 0 Å². The number of aromatic amines is 1. The van der Waals surface area contributed by atoms with Crippen LogP contribution in [0.1, 0.15) is 56.2 Å². The zero-order valence-electron chi connectivity index (χ0n) is 27.0. The summed E-state index contributed by atoms with van der Waals surface area (Å²) in [7, 11) is 0. The van der Waals surface area contributed by atoms with Crippen molar-refractivity contribution in [1.29, 1.82) is 0 Å². The van der Waals surface area contributed by atoms with E-state index in [0.717, 1.165) is 28.6 Å². The number of anilines is 2. The lowest BCUT2D eigenvalue weighted by molar-refractivity contribution is 0.637. The second-order valence-corrected chi connectivity index (χ2v) is 13.6. The van der Waals surface area contributed by atoms with Gasteiger partial charge in [-0.05, 0) is 70.7 Å². The molecule has 3 aliphatic rings. The third-order valence-electron chi connectivity index (χ3n) is 9.38. The molecule has 8 rings (SSSR count). The number of rotatable bonds is 3. The van der Waals surface area contributed by atoms with Crippen LogP contribution in [0.4, 0.5) is 11.4 Å². The van der Waals surface area contributed by atoms with Crippen molar-refractivity contribution in [2.75, 3.05) is 10.2 Å². The molecule has 2 unspecified atom stereocenters. The third-order valence-corrected chi connectivity index (χ3v) is 10.6. The van der Waals surface area contributed by atoms with Gasteiger partial charge in [-0.3, -0.25) is 0 Å². The number of H-pyrrole nitrogens is 1. The van der Waals surface area contributed by atoms with Gasteiger partial charge < -0.3 is 15.2 Å². The fourth-order valence-corrected chi connectivity index (χ4v) is 7.86. The molecule has 2 aliphatic heterocycles. The van der Waals surface area contributed by atoms with Gasteiger partial charge >= 0.3 is 0 Å². The van der Waals surface area contributed by atoms with Gasteiger partial charge in [0.1, 0.15) is 5.37 Å². The Kier molecular flexibility index (Phi) is 8.00. The SMILES string of the molecule is C=C1/C=C(c2ccc3[nH]c4cc5c(cc4c3c2)SC(c2ccccc2)N5)\C=C/N(C2C=CC=CC2)c2ccccc2C1(C)C.CC. The predicted octanol–water partition coefficient (Wildman–Crippen LogP) is 11.7. The number of thioether (sulfide) groups is 1. The minimum atomic E-state index is -0.245. The van der Waals surface area contributed by atoms with Crippen LogP contribution >= 0.6 is 11.8 Å². The predicted molar refractivity (Wildman–Crippen MR) is 201 cm³/mol. The molecule has 46 heavy (non-hydrogen) atoms. The Hall–Kier alpha value is -4.67. The highest BCUT2D eigenvalue weighted by molar-refractivity contribution is 8.00. The number of benzene rings is 4. The van der Waals surface area contributed by atoms with Gasteiger partial charge in [0, 0.05) is 44.0 Å². The van der Waals surface area contributed by atoms with E-state index in [1.54, 1.807) is 0 Å². The van der Waals surface area contributed by atoms with Crippen LogP contribution in [0, 0.1) is 0 Å². The first-order valence-electron chi connectivity index (χ1n) is 16.3. The molecule has 0 fully saturated rings. The van der Waals surface area contributed by atoms with E-state index in [2.05, 4.69) is 163 Å². The number of hydrogen-bond acceptors (Lipinski definition) is 3. The first kappa shape index (κ1) is 30.0. The Morgan fingerprint density at radius 3 is 2.46 bits per heavy atom. The van der Waals surface area contributed by atoms with Crippen molar-refractivity contribution in [3.05, 3.63) is 156 Å². The lowest BCUT2D eigenvalue weighted by Crippen LogP contribution is -2.32. The summed E-state index contributed by atoms with van der Waals surface area (Å²) in [5, 5.41) is 6.44. The number of para-hydroxylation sites is 1. The summed E-state index contributed by atoms with van der Waals surface area (Å²) in [6.45, 7) is 13.2. The molecular weight excluding hydrogens is 579 g/mol. The highest BCUT2D eigenvalue weighted by Crippen LogP contribution is 2.49. The van der Waals surface area contributed by atoms with Crippen molar-refractivity contribution in [2.24, 2.45) is 0 Å². The van der Waals surface area contributed by atoms with Crippen LogP contribution in [0.2, 0.25) is 0 Å². The maximum atomic E-state index is 4.63. The number of hydrogen-bond donors (Lipinski definition) is 2. The molecule has 0 amide bonds. The summed E-state index contributed by atoms with van der Waals surface area (Å²) in [6, 6.07) is 31.1. The second kappa shape index (κ2) is 12.3. The molecule has 0 saturated heterocycles. The summed E-state index contributed by atoms with van der Waals surface area (Å²) >= 11 is 1.89. The molecular formula is C42H41N3S. The zero-order chi connectivity index (χ0) is 31.8. The smallest absolute Gasteiger partial charge is 0.103 e. The molecule has 4 heteroatoms. The van der Waals surface area contributed by atoms with E-state index in [9.17, 15) is 0 Å². The third kappa shape index (κ3) is 5.31. The fourth-order valence-electron chi connectivity index (χ4n) is 6.69. The molecule has 0 radical (unpaired) electrons. The number of nitrogens with zero attached hydrogens (tertiary/aromatic N) is 1. The number of aromatic nitrogens is 1. The molecule has 3 heterocycles. The van der Waals surface area contributed by atoms with E-state index in [0.29, 0.717) is 0 Å². The summed E-state index contributed by atoms with van der Waals surface area (Å²) in [5.74, 6) is 0. The Labute approximate surface area is 277 Å². The highest BCUT2D eigenvalue weighted by Gasteiger charge is 2.30. The molecule has 5 aromatic rings. The van der Waals surface area contributed by atoms with Crippen molar-refractivity contribution in [2.45, 2.75) is 55.8 Å². The van der Waals surface area contributed by atoms with E-state index in [4.69, 9.17) is 0 Å². The van der Waals surface area contributed by atoms with Gasteiger partial charge in [0.25, 0.3) is 0 Å². The minimum Gasteiger partial charge on any atom is -0.368 e. The molecule has 0 bridgehead atoms. The minimum absolute atomic E-state index is 0.226. The van der Waals surface area contributed by atoms with Crippen molar-refractivity contribution >= 4 is 50.5 Å². The van der Waals surface area contributed by atoms with Crippen molar-refractivity contribution in [1.82, 2.24) is 4.98 Å². The van der Waals surface area contributed by atoms with Crippen LogP contribution < -0.4 is 10.2 Å². The average molecular weight is 620 g/mol. The van der Waals surface area contributed by atoms with Gasteiger partial charge in [0.15, 0.2) is 0 Å². The van der Waals surface area contributed by atoms with Crippen molar-refractivity contribution in [3.63, 3.8) is 0 Å². The number of fused-ring (bicyclic) bond motifs is 5. The number of allylic oxidation sites excluding steroid dienone is 6. The topological polar surface area (TPSA) is 31.1 Å². The standard InChI is InChI=1S/C40H35N3S.C2H6/c1-26-22-29(20-21-43(30-14-8-5-9-15-30)37-17-11-10-16-33(37)40(26,2)3)28-18-19-34-31(23-28)32-24-38-36(25-35(32)41-34)42-39(44-38)27-12-6-4-7-13-27;1-2/h4-14,16-25,30,39,41-42H,1,15H2,2-3H3;1-2H3/b21-20-,29-22+;. The van der Waals surface area contributed by atoms with Gasteiger partial charge in [0.2, 0.25) is 0 Å². The molecule has 2 N–H and O–H groups in total. The normalized spacial score (nSPS) is 21.6. The van der Waals surface area contributed by atoms with Gasteiger partial charge in [0.05, 0.1) is 11.7 Å². The molecule has 1 aromatic heterocycles. The van der Waals surface area contributed by atoms with Crippen LogP contribution in [0.3, 0.4) is 0 Å². The Morgan fingerprint density at radius 1 is 0.870 bits per heavy atom. The van der Waals surface area contributed by atoms with Gasteiger partial charge in [-0.25, -0.2) is 0 Å². The maximum absolute atomic E-state index is 4.63. The monoisotopic (exact) mass is 619 g/mol. The van der Waals surface area contributed by atoms with Crippen LogP contribution in [0.5, 0.6) is 0 Å². The second-order valence-electron chi connectivity index (χ2n) is 12.4. The number of nitrogens with one attached hydrogen (secondary N) is 2. The van der Waals surface area contributed by atoms with Crippen molar-refractivity contribution < 1.29 is 0 Å². The molecule has 2 atom stereocenters. The van der Waals surface area contributed by atoms with Crippen LogP contribution in [-0.4, -0.2) is 11.0 Å². The largest absolute Gasteiger partial charge is 0.368 e. The molecule has 1 aliphatic carbocycles. The van der Waals surface area contributed by atoms with Gasteiger partial charge in [-0.15, -0.1) is 0 Å². The van der Waals surface area contributed by atoms with Crippen LogP contribution in [0.25, 0.3) is 27.4 Å². The van der Waals surface area contributed by atoms with Crippen LogP contribution in [0.15, 0.2) is 145 Å². The van der Waals surface area contributed by atoms with E-state index >= 15 is 0 Å². The zero-order valence-corrected chi connectivity index (χ0v) is 27.9. The molecule has 4 aromatic carbocycles. The molecule has 3 nitrogen and oxygen atoms in total. The van der Waals surface area contributed by atoms with Gasteiger partial charge in [-0.1, -0.05) is 131 Å². The first-order valence-corrected chi connectivity index (χ1v) is 17.2. The lowest BCUT2D eigenvalue weighted by Gasteiger charge is -2.35. The molecule has 0 saturated carbocycles. The lowest BCUT2D eigenvalue weighted by atomic mass is 9.76. The summed E-state index contributed by atoms with van der Waals surface area (Å²) in [5.41, 5.74) is 10.5. The maximum Gasteiger partial charge on any atom is 0.103 e. The first-order chi connectivity index (χ1) is 22.5.